The zero-order chi connectivity index (χ0) is 12.1. The van der Waals surface area contributed by atoms with Crippen LogP contribution in [0.5, 0.6) is 0 Å². The number of aromatic nitrogens is 2. The van der Waals surface area contributed by atoms with Gasteiger partial charge in [-0.15, -0.1) is 0 Å². The van der Waals surface area contributed by atoms with Gasteiger partial charge < -0.3 is 19.9 Å². The summed E-state index contributed by atoms with van der Waals surface area (Å²) in [5, 5.41) is 3.18. The molecule has 1 unspecified atom stereocenters. The zero-order valence-electron chi connectivity index (χ0n) is 9.98. The molecule has 1 aromatic rings. The molecule has 17 heavy (non-hydrogen) atoms. The van der Waals surface area contributed by atoms with E-state index in [1.165, 1.54) is 0 Å². The van der Waals surface area contributed by atoms with Crippen LogP contribution in [0.2, 0.25) is 0 Å². The van der Waals surface area contributed by atoms with E-state index in [1.54, 1.807) is 12.5 Å². The SMILES string of the molecule is CC(NCc1cnc[nH]1)C(=O)N1CCOCC1. The molecule has 6 nitrogen and oxygen atoms in total. The van der Waals surface area contributed by atoms with Gasteiger partial charge in [0.25, 0.3) is 0 Å². The highest BCUT2D eigenvalue weighted by molar-refractivity contribution is 5.81. The predicted octanol–water partition coefficient (Wildman–Crippen LogP) is -0.253. The number of rotatable bonds is 4. The molecule has 0 aromatic carbocycles. The maximum Gasteiger partial charge on any atom is 0.239 e. The van der Waals surface area contributed by atoms with Gasteiger partial charge in [0.1, 0.15) is 0 Å². The number of amides is 1. The van der Waals surface area contributed by atoms with E-state index >= 15 is 0 Å². The molecular formula is C11H18N4O2. The van der Waals surface area contributed by atoms with Crippen molar-refractivity contribution in [2.45, 2.75) is 19.5 Å². The van der Waals surface area contributed by atoms with Gasteiger partial charge in [0.2, 0.25) is 5.91 Å². The third kappa shape index (κ3) is 3.28. The van der Waals surface area contributed by atoms with E-state index in [0.717, 1.165) is 5.69 Å². The number of hydrogen-bond acceptors (Lipinski definition) is 4. The number of ether oxygens (including phenoxy) is 1. The van der Waals surface area contributed by atoms with Gasteiger partial charge in [0.05, 0.1) is 25.6 Å². The van der Waals surface area contributed by atoms with Crippen molar-refractivity contribution < 1.29 is 9.53 Å². The summed E-state index contributed by atoms with van der Waals surface area (Å²) < 4.78 is 5.22. The normalized spacial score (nSPS) is 18.1. The van der Waals surface area contributed by atoms with Crippen molar-refractivity contribution in [2.75, 3.05) is 26.3 Å². The minimum Gasteiger partial charge on any atom is -0.378 e. The van der Waals surface area contributed by atoms with Crippen molar-refractivity contribution in [3.63, 3.8) is 0 Å². The highest BCUT2D eigenvalue weighted by Gasteiger charge is 2.21. The lowest BCUT2D eigenvalue weighted by atomic mass is 10.2. The summed E-state index contributed by atoms with van der Waals surface area (Å²) in [6.07, 6.45) is 3.38. The molecule has 2 rings (SSSR count). The number of nitrogens with one attached hydrogen (secondary N) is 2. The van der Waals surface area contributed by atoms with Crippen LogP contribution in [0.15, 0.2) is 12.5 Å². The van der Waals surface area contributed by atoms with Crippen LogP contribution in [0, 0.1) is 0 Å². The topological polar surface area (TPSA) is 70.2 Å². The Hall–Kier alpha value is -1.40. The van der Waals surface area contributed by atoms with Crippen LogP contribution in [0.3, 0.4) is 0 Å². The second-order valence-corrected chi connectivity index (χ2v) is 4.12. The quantitative estimate of drug-likeness (QED) is 0.758. The van der Waals surface area contributed by atoms with Crippen LogP contribution in [-0.2, 0) is 16.1 Å². The van der Waals surface area contributed by atoms with Crippen molar-refractivity contribution in [3.8, 4) is 0 Å². The van der Waals surface area contributed by atoms with Crippen molar-refractivity contribution >= 4 is 5.91 Å². The molecule has 0 aliphatic carbocycles. The molecule has 1 aliphatic heterocycles. The number of aromatic amines is 1. The number of morpholine rings is 1. The fourth-order valence-electron chi connectivity index (χ4n) is 1.79. The standard InChI is InChI=1S/C11H18N4O2/c1-9(13-7-10-6-12-8-14-10)11(16)15-2-4-17-5-3-15/h6,8-9,13H,2-5,7H2,1H3,(H,12,14). The van der Waals surface area contributed by atoms with Crippen molar-refractivity contribution in [1.29, 1.82) is 0 Å². The molecule has 0 spiro atoms. The average Bonchev–Trinajstić information content (AvgIpc) is 2.89. The summed E-state index contributed by atoms with van der Waals surface area (Å²) in [6.45, 7) is 5.16. The summed E-state index contributed by atoms with van der Waals surface area (Å²) in [5.74, 6) is 0.132. The van der Waals surface area contributed by atoms with E-state index in [1.807, 2.05) is 11.8 Å². The maximum absolute atomic E-state index is 12.0. The van der Waals surface area contributed by atoms with Crippen LogP contribution < -0.4 is 5.32 Å². The summed E-state index contributed by atoms with van der Waals surface area (Å²) in [5.41, 5.74) is 0.978. The zero-order valence-corrected chi connectivity index (χ0v) is 9.98. The van der Waals surface area contributed by atoms with Crippen molar-refractivity contribution in [3.05, 3.63) is 18.2 Å². The van der Waals surface area contributed by atoms with E-state index in [4.69, 9.17) is 4.74 Å². The van der Waals surface area contributed by atoms with E-state index in [0.29, 0.717) is 32.8 Å². The van der Waals surface area contributed by atoms with Crippen LogP contribution in [0.1, 0.15) is 12.6 Å². The Morgan fingerprint density at radius 1 is 1.65 bits per heavy atom. The Labute approximate surface area is 100 Å². The molecule has 1 saturated heterocycles. The largest absolute Gasteiger partial charge is 0.378 e. The summed E-state index contributed by atoms with van der Waals surface area (Å²) in [4.78, 5) is 20.8. The molecule has 1 atom stereocenters. The number of imidazole rings is 1. The smallest absolute Gasteiger partial charge is 0.239 e. The first-order chi connectivity index (χ1) is 8.27. The first-order valence-corrected chi connectivity index (χ1v) is 5.84. The molecule has 0 bridgehead atoms. The second-order valence-electron chi connectivity index (χ2n) is 4.12. The molecular weight excluding hydrogens is 220 g/mol. The van der Waals surface area contributed by atoms with Gasteiger partial charge in [-0.25, -0.2) is 4.98 Å². The molecule has 6 heteroatoms. The third-order valence-corrected chi connectivity index (χ3v) is 2.85. The fraction of sp³-hybridized carbons (Fsp3) is 0.636. The highest BCUT2D eigenvalue weighted by atomic mass is 16.5. The lowest BCUT2D eigenvalue weighted by Gasteiger charge is -2.29. The van der Waals surface area contributed by atoms with E-state index in [2.05, 4.69) is 15.3 Å². The number of carbonyl (C=O) groups excluding carboxylic acids is 1. The molecule has 2 N–H and O–H groups in total. The Morgan fingerprint density at radius 3 is 3.06 bits per heavy atom. The maximum atomic E-state index is 12.0. The summed E-state index contributed by atoms with van der Waals surface area (Å²) in [7, 11) is 0. The molecule has 0 saturated carbocycles. The molecule has 1 aromatic heterocycles. The van der Waals surface area contributed by atoms with Gasteiger partial charge in [0, 0.05) is 31.5 Å². The van der Waals surface area contributed by atoms with Crippen LogP contribution in [0.4, 0.5) is 0 Å². The molecule has 2 heterocycles. The number of carbonyl (C=O) groups is 1. The predicted molar refractivity (Wildman–Crippen MR) is 62.3 cm³/mol. The Kier molecular flexibility index (Phi) is 4.11. The Bertz CT molecular complexity index is 346. The molecule has 0 radical (unpaired) electrons. The lowest BCUT2D eigenvalue weighted by molar-refractivity contribution is -0.137. The monoisotopic (exact) mass is 238 g/mol. The van der Waals surface area contributed by atoms with E-state index in [9.17, 15) is 4.79 Å². The third-order valence-electron chi connectivity index (χ3n) is 2.85. The first-order valence-electron chi connectivity index (χ1n) is 5.84. The van der Waals surface area contributed by atoms with Crippen molar-refractivity contribution in [1.82, 2.24) is 20.2 Å². The molecule has 1 fully saturated rings. The number of H-pyrrole nitrogens is 1. The highest BCUT2D eigenvalue weighted by Crippen LogP contribution is 2.01. The number of nitrogens with zero attached hydrogens (tertiary/aromatic N) is 2. The van der Waals surface area contributed by atoms with Gasteiger partial charge >= 0.3 is 0 Å². The summed E-state index contributed by atoms with van der Waals surface area (Å²) in [6, 6.07) is -0.184. The van der Waals surface area contributed by atoms with Gasteiger partial charge in [-0.3, -0.25) is 4.79 Å². The van der Waals surface area contributed by atoms with Crippen LogP contribution in [-0.4, -0.2) is 53.1 Å². The molecule has 94 valence electrons. The van der Waals surface area contributed by atoms with Crippen LogP contribution >= 0.6 is 0 Å². The molecule has 1 aliphatic rings. The number of hydrogen-bond donors (Lipinski definition) is 2. The van der Waals surface area contributed by atoms with Crippen molar-refractivity contribution in [2.24, 2.45) is 0 Å². The minimum atomic E-state index is -0.184. The van der Waals surface area contributed by atoms with Gasteiger partial charge in [-0.2, -0.15) is 0 Å². The van der Waals surface area contributed by atoms with Gasteiger partial charge in [-0.05, 0) is 6.92 Å². The lowest BCUT2D eigenvalue weighted by Crippen LogP contribution is -2.49. The average molecular weight is 238 g/mol. The Morgan fingerprint density at radius 2 is 2.41 bits per heavy atom. The Balaban J connectivity index is 1.78. The van der Waals surface area contributed by atoms with Gasteiger partial charge in [-0.1, -0.05) is 0 Å². The second kappa shape index (κ2) is 5.79. The minimum absolute atomic E-state index is 0.132. The van der Waals surface area contributed by atoms with E-state index in [-0.39, 0.29) is 11.9 Å². The first kappa shape index (κ1) is 12.1. The van der Waals surface area contributed by atoms with E-state index < -0.39 is 0 Å². The summed E-state index contributed by atoms with van der Waals surface area (Å²) >= 11 is 0. The fourth-order valence-corrected chi connectivity index (χ4v) is 1.79. The molecule has 1 amide bonds. The van der Waals surface area contributed by atoms with Crippen LogP contribution in [0.25, 0.3) is 0 Å². The van der Waals surface area contributed by atoms with Gasteiger partial charge in [0.15, 0.2) is 0 Å².